The third kappa shape index (κ3) is 5.49. The molecular formula is C20H20O5. The highest BCUT2D eigenvalue weighted by Gasteiger charge is 2.09. The van der Waals surface area contributed by atoms with Crippen LogP contribution < -0.4 is 9.47 Å². The fraction of sp³-hybridized carbons (Fsp3) is 0.200. The molecule has 0 bridgehead atoms. The maximum absolute atomic E-state index is 12.0. The maximum Gasteiger partial charge on any atom is 0.331 e. The molecular weight excluding hydrogens is 320 g/mol. The van der Waals surface area contributed by atoms with Gasteiger partial charge in [0, 0.05) is 17.2 Å². The SMILES string of the molecule is CCOc1ccccc1/C=C/C(=O)OCC(=O)c1ccc(OC)cc1. The zero-order chi connectivity index (χ0) is 18.1. The van der Waals surface area contributed by atoms with Crippen LogP contribution in [0.2, 0.25) is 0 Å². The van der Waals surface area contributed by atoms with Gasteiger partial charge in [-0.2, -0.15) is 0 Å². The van der Waals surface area contributed by atoms with Gasteiger partial charge >= 0.3 is 5.97 Å². The molecule has 0 N–H and O–H groups in total. The molecule has 130 valence electrons. The van der Waals surface area contributed by atoms with Crippen molar-refractivity contribution in [2.45, 2.75) is 6.92 Å². The average molecular weight is 340 g/mol. The van der Waals surface area contributed by atoms with E-state index in [1.54, 1.807) is 37.5 Å². The van der Waals surface area contributed by atoms with Crippen molar-refractivity contribution in [3.63, 3.8) is 0 Å². The van der Waals surface area contributed by atoms with E-state index in [2.05, 4.69) is 0 Å². The number of hydrogen-bond donors (Lipinski definition) is 0. The number of ether oxygens (including phenoxy) is 3. The van der Waals surface area contributed by atoms with Gasteiger partial charge in [0.1, 0.15) is 11.5 Å². The molecule has 2 aromatic rings. The second-order valence-electron chi connectivity index (χ2n) is 5.06. The Kier molecular flexibility index (Phi) is 6.77. The van der Waals surface area contributed by atoms with Crippen LogP contribution in [0.3, 0.4) is 0 Å². The highest BCUT2D eigenvalue weighted by molar-refractivity contribution is 5.99. The van der Waals surface area contributed by atoms with Crippen LogP contribution in [0.25, 0.3) is 6.08 Å². The van der Waals surface area contributed by atoms with E-state index < -0.39 is 5.97 Å². The van der Waals surface area contributed by atoms with Gasteiger partial charge in [0.15, 0.2) is 12.4 Å². The number of Topliss-reactive ketones (excluding diaryl/α,β-unsaturated/α-hetero) is 1. The van der Waals surface area contributed by atoms with Gasteiger partial charge < -0.3 is 14.2 Å². The molecule has 0 saturated carbocycles. The number of benzene rings is 2. The summed E-state index contributed by atoms with van der Waals surface area (Å²) in [6, 6.07) is 14.0. The van der Waals surface area contributed by atoms with Crippen LogP contribution in [-0.2, 0) is 9.53 Å². The summed E-state index contributed by atoms with van der Waals surface area (Å²) in [7, 11) is 1.55. The minimum atomic E-state index is -0.590. The third-order valence-corrected chi connectivity index (χ3v) is 3.38. The summed E-state index contributed by atoms with van der Waals surface area (Å²) in [5, 5.41) is 0. The van der Waals surface area contributed by atoms with Gasteiger partial charge in [-0.3, -0.25) is 4.79 Å². The topological polar surface area (TPSA) is 61.8 Å². The van der Waals surface area contributed by atoms with E-state index in [1.807, 2.05) is 31.2 Å². The number of ketones is 1. The van der Waals surface area contributed by atoms with Gasteiger partial charge in [0.25, 0.3) is 0 Å². The molecule has 0 spiro atoms. The summed E-state index contributed by atoms with van der Waals surface area (Å²) in [4.78, 5) is 23.8. The summed E-state index contributed by atoms with van der Waals surface area (Å²) < 4.78 is 15.5. The number of esters is 1. The first kappa shape index (κ1) is 18.3. The molecule has 0 heterocycles. The molecule has 2 rings (SSSR count). The summed E-state index contributed by atoms with van der Waals surface area (Å²) in [6.07, 6.45) is 2.88. The number of rotatable bonds is 8. The largest absolute Gasteiger partial charge is 0.497 e. The number of para-hydroxylation sites is 1. The van der Waals surface area contributed by atoms with Gasteiger partial charge in [-0.1, -0.05) is 18.2 Å². The van der Waals surface area contributed by atoms with Crippen molar-refractivity contribution >= 4 is 17.8 Å². The predicted octanol–water partition coefficient (Wildman–Crippen LogP) is 3.53. The van der Waals surface area contributed by atoms with Gasteiger partial charge in [-0.05, 0) is 43.3 Å². The van der Waals surface area contributed by atoms with E-state index in [4.69, 9.17) is 14.2 Å². The lowest BCUT2D eigenvalue weighted by Gasteiger charge is -2.06. The van der Waals surface area contributed by atoms with E-state index in [0.29, 0.717) is 23.7 Å². The van der Waals surface area contributed by atoms with E-state index >= 15 is 0 Å². The molecule has 0 aliphatic heterocycles. The van der Waals surface area contributed by atoms with Crippen LogP contribution in [0.15, 0.2) is 54.6 Å². The Balaban J connectivity index is 1.90. The normalized spacial score (nSPS) is 10.5. The second kappa shape index (κ2) is 9.27. The van der Waals surface area contributed by atoms with Crippen molar-refractivity contribution in [2.24, 2.45) is 0 Å². The number of carbonyl (C=O) groups excluding carboxylic acids is 2. The number of methoxy groups -OCH3 is 1. The Labute approximate surface area is 146 Å². The predicted molar refractivity (Wildman–Crippen MR) is 94.9 cm³/mol. The molecule has 0 aromatic heterocycles. The minimum Gasteiger partial charge on any atom is -0.497 e. The third-order valence-electron chi connectivity index (χ3n) is 3.38. The standard InChI is InChI=1S/C20H20O5/c1-3-24-19-7-5-4-6-16(19)10-13-20(22)25-14-18(21)15-8-11-17(23-2)12-9-15/h4-13H,3,14H2,1-2H3/b13-10+. The van der Waals surface area contributed by atoms with E-state index in [-0.39, 0.29) is 12.4 Å². The second-order valence-corrected chi connectivity index (χ2v) is 5.06. The molecule has 0 atom stereocenters. The Morgan fingerprint density at radius 3 is 2.44 bits per heavy atom. The Bertz CT molecular complexity index is 747. The van der Waals surface area contributed by atoms with Gasteiger partial charge in [-0.15, -0.1) is 0 Å². The summed E-state index contributed by atoms with van der Waals surface area (Å²) in [5.74, 6) is 0.472. The molecule has 0 aliphatic rings. The Hall–Kier alpha value is -3.08. The quantitative estimate of drug-likeness (QED) is 0.418. The van der Waals surface area contributed by atoms with E-state index in [9.17, 15) is 9.59 Å². The van der Waals surface area contributed by atoms with Crippen molar-refractivity contribution in [2.75, 3.05) is 20.3 Å². The molecule has 0 saturated heterocycles. The smallest absolute Gasteiger partial charge is 0.331 e. The van der Waals surface area contributed by atoms with Crippen LogP contribution >= 0.6 is 0 Å². The van der Waals surface area contributed by atoms with Crippen LogP contribution in [0.5, 0.6) is 11.5 Å². The van der Waals surface area contributed by atoms with Crippen LogP contribution in [-0.4, -0.2) is 32.1 Å². The average Bonchev–Trinajstić information content (AvgIpc) is 2.65. The summed E-state index contributed by atoms with van der Waals surface area (Å²) >= 11 is 0. The van der Waals surface area contributed by atoms with Crippen LogP contribution in [0.1, 0.15) is 22.8 Å². The highest BCUT2D eigenvalue weighted by Crippen LogP contribution is 2.19. The first-order chi connectivity index (χ1) is 12.1. The Morgan fingerprint density at radius 1 is 1.04 bits per heavy atom. The summed E-state index contributed by atoms with van der Waals surface area (Å²) in [5.41, 5.74) is 1.22. The van der Waals surface area contributed by atoms with Crippen molar-refractivity contribution in [3.8, 4) is 11.5 Å². The van der Waals surface area contributed by atoms with Gasteiger partial charge in [0.05, 0.1) is 13.7 Å². The minimum absolute atomic E-state index is 0.279. The molecule has 0 fully saturated rings. The summed E-state index contributed by atoms with van der Waals surface area (Å²) in [6.45, 7) is 2.10. The van der Waals surface area contributed by atoms with E-state index in [0.717, 1.165) is 5.56 Å². The molecule has 0 radical (unpaired) electrons. The molecule has 25 heavy (non-hydrogen) atoms. The number of hydrogen-bond acceptors (Lipinski definition) is 5. The molecule has 0 amide bonds. The lowest BCUT2D eigenvalue weighted by atomic mass is 10.1. The molecule has 0 aliphatic carbocycles. The molecule has 2 aromatic carbocycles. The maximum atomic E-state index is 12.0. The molecule has 0 unspecified atom stereocenters. The highest BCUT2D eigenvalue weighted by atomic mass is 16.5. The monoisotopic (exact) mass is 340 g/mol. The van der Waals surface area contributed by atoms with Gasteiger partial charge in [0.2, 0.25) is 0 Å². The van der Waals surface area contributed by atoms with Crippen LogP contribution in [0.4, 0.5) is 0 Å². The van der Waals surface area contributed by atoms with E-state index in [1.165, 1.54) is 6.08 Å². The fourth-order valence-corrected chi connectivity index (χ4v) is 2.11. The van der Waals surface area contributed by atoms with Crippen LogP contribution in [0, 0.1) is 0 Å². The van der Waals surface area contributed by atoms with Crippen molar-refractivity contribution in [1.29, 1.82) is 0 Å². The van der Waals surface area contributed by atoms with Crippen molar-refractivity contribution < 1.29 is 23.8 Å². The Morgan fingerprint density at radius 2 is 1.76 bits per heavy atom. The van der Waals surface area contributed by atoms with Crippen molar-refractivity contribution in [3.05, 3.63) is 65.7 Å². The fourth-order valence-electron chi connectivity index (χ4n) is 2.11. The lowest BCUT2D eigenvalue weighted by Crippen LogP contribution is -2.12. The molecule has 5 nitrogen and oxygen atoms in total. The zero-order valence-electron chi connectivity index (χ0n) is 14.2. The first-order valence-electron chi connectivity index (χ1n) is 7.88. The van der Waals surface area contributed by atoms with Crippen molar-refractivity contribution in [1.82, 2.24) is 0 Å². The number of carbonyl (C=O) groups is 2. The lowest BCUT2D eigenvalue weighted by molar-refractivity contribution is -0.136. The zero-order valence-corrected chi connectivity index (χ0v) is 14.2. The molecule has 5 heteroatoms. The van der Waals surface area contributed by atoms with Gasteiger partial charge in [-0.25, -0.2) is 4.79 Å². The first-order valence-corrected chi connectivity index (χ1v) is 7.88.